The molecule has 1 atom stereocenters. The van der Waals surface area contributed by atoms with Crippen molar-refractivity contribution in [1.82, 2.24) is 9.80 Å². The van der Waals surface area contributed by atoms with Crippen molar-refractivity contribution in [3.05, 3.63) is 54.1 Å². The highest BCUT2D eigenvalue weighted by Crippen LogP contribution is 2.36. The number of hydrogen-bond acceptors (Lipinski definition) is 6. The highest BCUT2D eigenvalue weighted by molar-refractivity contribution is 6.23. The van der Waals surface area contributed by atoms with E-state index in [1.165, 1.54) is 17.6 Å². The van der Waals surface area contributed by atoms with Crippen LogP contribution in [0.2, 0.25) is 0 Å². The van der Waals surface area contributed by atoms with Crippen LogP contribution in [0.5, 0.6) is 11.5 Å². The Balaban J connectivity index is 1.44. The Hall–Kier alpha value is -2.90. The van der Waals surface area contributed by atoms with Gasteiger partial charge in [0.25, 0.3) is 5.91 Å². The first kappa shape index (κ1) is 20.4. The summed E-state index contributed by atoms with van der Waals surface area (Å²) in [6.07, 6.45) is 0.192. The Labute approximate surface area is 176 Å². The quantitative estimate of drug-likeness (QED) is 0.682. The van der Waals surface area contributed by atoms with E-state index >= 15 is 0 Å². The molecule has 2 aromatic carbocycles. The van der Waals surface area contributed by atoms with Gasteiger partial charge in [0, 0.05) is 38.8 Å². The van der Waals surface area contributed by atoms with Gasteiger partial charge in [-0.15, -0.1) is 0 Å². The number of methoxy groups -OCH3 is 2. The molecule has 158 valence electrons. The van der Waals surface area contributed by atoms with Gasteiger partial charge < -0.3 is 9.47 Å². The molecule has 2 heterocycles. The minimum Gasteiger partial charge on any atom is -0.497 e. The topological polar surface area (TPSA) is 62.3 Å². The Bertz CT molecular complexity index is 910. The zero-order chi connectivity index (χ0) is 21.1. The number of anilines is 1. The van der Waals surface area contributed by atoms with Crippen LogP contribution in [0.4, 0.5) is 5.69 Å². The molecule has 0 aromatic heterocycles. The highest BCUT2D eigenvalue weighted by Gasteiger charge is 2.44. The van der Waals surface area contributed by atoms with E-state index in [-0.39, 0.29) is 18.2 Å². The van der Waals surface area contributed by atoms with Crippen molar-refractivity contribution in [2.24, 2.45) is 0 Å². The number of nitrogens with zero attached hydrogens (tertiary/aromatic N) is 3. The molecule has 2 saturated heterocycles. The number of carbonyl (C=O) groups excluding carboxylic acids is 2. The standard InChI is InChI=1S/C23H27N3O4/c1-29-18-8-9-21(30-2)19(14-18)26-22(27)15-20(23(26)28)25-12-10-24(11-13-25)16-17-6-4-3-5-7-17/h3-9,14,20H,10-13,15-16H2,1-2H3/t20-/m1/s1. The highest BCUT2D eigenvalue weighted by atomic mass is 16.5. The van der Waals surface area contributed by atoms with Crippen LogP contribution in [-0.4, -0.2) is 68.1 Å². The number of hydrogen-bond donors (Lipinski definition) is 0. The van der Waals surface area contributed by atoms with E-state index in [1.807, 2.05) is 6.07 Å². The molecule has 0 aliphatic carbocycles. The maximum Gasteiger partial charge on any atom is 0.251 e. The first-order valence-corrected chi connectivity index (χ1v) is 10.2. The number of imide groups is 1. The van der Waals surface area contributed by atoms with Crippen molar-refractivity contribution in [3.63, 3.8) is 0 Å². The Morgan fingerprint density at radius 1 is 0.933 bits per heavy atom. The Kier molecular flexibility index (Phi) is 6.01. The lowest BCUT2D eigenvalue weighted by Crippen LogP contribution is -2.52. The first-order chi connectivity index (χ1) is 14.6. The Morgan fingerprint density at radius 2 is 1.67 bits per heavy atom. The van der Waals surface area contributed by atoms with Gasteiger partial charge in [0.1, 0.15) is 11.5 Å². The lowest BCUT2D eigenvalue weighted by Gasteiger charge is -2.37. The minimum absolute atomic E-state index is 0.192. The predicted molar refractivity (Wildman–Crippen MR) is 114 cm³/mol. The van der Waals surface area contributed by atoms with Crippen LogP contribution >= 0.6 is 0 Å². The van der Waals surface area contributed by atoms with Crippen LogP contribution in [0.3, 0.4) is 0 Å². The molecular weight excluding hydrogens is 382 g/mol. The fraction of sp³-hybridized carbons (Fsp3) is 0.391. The average molecular weight is 409 g/mol. The van der Waals surface area contributed by atoms with Gasteiger partial charge in [-0.2, -0.15) is 0 Å². The van der Waals surface area contributed by atoms with E-state index in [2.05, 4.69) is 34.1 Å². The van der Waals surface area contributed by atoms with Crippen LogP contribution in [0.15, 0.2) is 48.5 Å². The van der Waals surface area contributed by atoms with Gasteiger partial charge in [-0.3, -0.25) is 19.4 Å². The van der Waals surface area contributed by atoms with Gasteiger partial charge in [-0.25, -0.2) is 4.90 Å². The molecule has 0 bridgehead atoms. The molecule has 0 N–H and O–H groups in total. The monoisotopic (exact) mass is 409 g/mol. The molecule has 0 radical (unpaired) electrons. The van der Waals surface area contributed by atoms with Crippen molar-refractivity contribution in [3.8, 4) is 11.5 Å². The number of carbonyl (C=O) groups is 2. The fourth-order valence-corrected chi connectivity index (χ4v) is 4.20. The molecule has 0 spiro atoms. The molecule has 2 aliphatic rings. The SMILES string of the molecule is COc1ccc(OC)c(N2C(=O)C[C@@H](N3CCN(Cc4ccccc4)CC3)C2=O)c1. The van der Waals surface area contributed by atoms with Crippen molar-refractivity contribution < 1.29 is 19.1 Å². The van der Waals surface area contributed by atoms with E-state index in [1.54, 1.807) is 25.3 Å². The molecule has 4 rings (SSSR count). The number of benzene rings is 2. The summed E-state index contributed by atoms with van der Waals surface area (Å²) in [6.45, 7) is 4.17. The maximum absolute atomic E-state index is 13.2. The van der Waals surface area contributed by atoms with E-state index in [0.29, 0.717) is 17.2 Å². The van der Waals surface area contributed by atoms with Crippen LogP contribution in [0.1, 0.15) is 12.0 Å². The number of piperazine rings is 1. The minimum atomic E-state index is -0.424. The average Bonchev–Trinajstić information content (AvgIpc) is 3.08. The molecule has 0 saturated carbocycles. The van der Waals surface area contributed by atoms with Crippen LogP contribution in [0.25, 0.3) is 0 Å². The summed E-state index contributed by atoms with van der Waals surface area (Å²) in [5.41, 5.74) is 1.73. The summed E-state index contributed by atoms with van der Waals surface area (Å²) in [5, 5.41) is 0. The molecule has 7 heteroatoms. The molecule has 2 fully saturated rings. The Morgan fingerprint density at radius 3 is 2.33 bits per heavy atom. The summed E-state index contributed by atoms with van der Waals surface area (Å²) in [5.74, 6) is 0.654. The summed E-state index contributed by atoms with van der Waals surface area (Å²) in [6, 6.07) is 15.1. The fourth-order valence-electron chi connectivity index (χ4n) is 4.20. The van der Waals surface area contributed by atoms with Gasteiger partial charge in [-0.05, 0) is 17.7 Å². The second-order valence-electron chi connectivity index (χ2n) is 7.62. The summed E-state index contributed by atoms with van der Waals surface area (Å²) in [4.78, 5) is 31.8. The number of rotatable bonds is 6. The number of ether oxygens (including phenoxy) is 2. The van der Waals surface area contributed by atoms with Crippen LogP contribution in [0, 0.1) is 0 Å². The van der Waals surface area contributed by atoms with Crippen LogP contribution < -0.4 is 14.4 Å². The zero-order valence-corrected chi connectivity index (χ0v) is 17.4. The molecule has 2 aromatic rings. The summed E-state index contributed by atoms with van der Waals surface area (Å²) in [7, 11) is 3.08. The van der Waals surface area contributed by atoms with E-state index < -0.39 is 6.04 Å². The van der Waals surface area contributed by atoms with Gasteiger partial charge in [-0.1, -0.05) is 30.3 Å². The second kappa shape index (κ2) is 8.85. The molecule has 2 amide bonds. The maximum atomic E-state index is 13.2. The van der Waals surface area contributed by atoms with Crippen molar-refractivity contribution in [2.75, 3.05) is 45.3 Å². The summed E-state index contributed by atoms with van der Waals surface area (Å²) >= 11 is 0. The van der Waals surface area contributed by atoms with Gasteiger partial charge in [0.15, 0.2) is 0 Å². The third-order valence-corrected chi connectivity index (χ3v) is 5.85. The number of amides is 2. The molecule has 0 unspecified atom stereocenters. The van der Waals surface area contributed by atoms with Crippen molar-refractivity contribution in [1.29, 1.82) is 0 Å². The lowest BCUT2D eigenvalue weighted by molar-refractivity contribution is -0.123. The lowest BCUT2D eigenvalue weighted by atomic mass is 10.1. The summed E-state index contributed by atoms with van der Waals surface area (Å²) < 4.78 is 10.7. The van der Waals surface area contributed by atoms with E-state index in [9.17, 15) is 9.59 Å². The molecule has 30 heavy (non-hydrogen) atoms. The van der Waals surface area contributed by atoms with E-state index in [4.69, 9.17) is 9.47 Å². The van der Waals surface area contributed by atoms with Gasteiger partial charge in [0.2, 0.25) is 5.91 Å². The zero-order valence-electron chi connectivity index (χ0n) is 17.4. The van der Waals surface area contributed by atoms with Crippen LogP contribution in [-0.2, 0) is 16.1 Å². The first-order valence-electron chi connectivity index (χ1n) is 10.2. The normalized spacial score (nSPS) is 20.6. The third kappa shape index (κ3) is 4.04. The molecular formula is C23H27N3O4. The largest absolute Gasteiger partial charge is 0.497 e. The molecule has 2 aliphatic heterocycles. The van der Waals surface area contributed by atoms with Gasteiger partial charge >= 0.3 is 0 Å². The third-order valence-electron chi connectivity index (χ3n) is 5.85. The van der Waals surface area contributed by atoms with Crippen molar-refractivity contribution >= 4 is 17.5 Å². The second-order valence-corrected chi connectivity index (χ2v) is 7.62. The van der Waals surface area contributed by atoms with Gasteiger partial charge in [0.05, 0.1) is 32.4 Å². The predicted octanol–water partition coefficient (Wildman–Crippen LogP) is 2.15. The van der Waals surface area contributed by atoms with Crippen molar-refractivity contribution in [2.45, 2.75) is 19.0 Å². The van der Waals surface area contributed by atoms with E-state index in [0.717, 1.165) is 32.7 Å². The smallest absolute Gasteiger partial charge is 0.251 e. The molecule has 7 nitrogen and oxygen atoms in total.